The fraction of sp³-hybridized carbons (Fsp3) is 0.474. The maximum atomic E-state index is 12.0. The number of rotatable bonds is 5. The third-order valence-corrected chi connectivity index (χ3v) is 5.03. The summed E-state index contributed by atoms with van der Waals surface area (Å²) >= 11 is 0. The quantitative estimate of drug-likeness (QED) is 0.335. The standard InChI is InChI=1S/C19H25N7O.HI/c1-2-20-19(22-12-17-25-24-16-8-5-9-26(16)17)21-11-13-10-18(27)23-15-7-4-3-6-14(13)15;/h3-4,6-7,13H,2,5,8-12H2,1H3,(H,23,27)(H2,20,21,22);1H. The van der Waals surface area contributed by atoms with Gasteiger partial charge in [-0.15, -0.1) is 34.2 Å². The first kappa shape index (κ1) is 20.6. The van der Waals surface area contributed by atoms with Gasteiger partial charge in [0.1, 0.15) is 12.4 Å². The Morgan fingerprint density at radius 2 is 2.18 bits per heavy atom. The van der Waals surface area contributed by atoms with E-state index < -0.39 is 0 Å². The molecule has 3 N–H and O–H groups in total. The molecule has 0 saturated heterocycles. The highest BCUT2D eigenvalue weighted by Gasteiger charge is 2.24. The fourth-order valence-corrected chi connectivity index (χ4v) is 3.72. The molecule has 9 heteroatoms. The molecule has 0 radical (unpaired) electrons. The Kier molecular flexibility index (Phi) is 6.87. The molecule has 2 aromatic rings. The minimum Gasteiger partial charge on any atom is -0.357 e. The van der Waals surface area contributed by atoms with Crippen LogP contribution < -0.4 is 16.0 Å². The van der Waals surface area contributed by atoms with Crippen molar-refractivity contribution in [3.63, 3.8) is 0 Å². The van der Waals surface area contributed by atoms with Crippen LogP contribution in [-0.4, -0.2) is 39.7 Å². The molecule has 3 heterocycles. The number of benzene rings is 1. The smallest absolute Gasteiger partial charge is 0.225 e. The third kappa shape index (κ3) is 4.45. The van der Waals surface area contributed by atoms with E-state index >= 15 is 0 Å². The minimum absolute atomic E-state index is 0. The van der Waals surface area contributed by atoms with E-state index in [0.29, 0.717) is 19.5 Å². The van der Waals surface area contributed by atoms with Crippen LogP contribution in [-0.2, 0) is 24.3 Å². The second-order valence-electron chi connectivity index (χ2n) is 6.90. The summed E-state index contributed by atoms with van der Waals surface area (Å²) in [6.07, 6.45) is 2.60. The number of nitrogens with zero attached hydrogens (tertiary/aromatic N) is 4. The number of para-hydroxylation sites is 1. The highest BCUT2D eigenvalue weighted by Crippen LogP contribution is 2.31. The number of carbonyl (C=O) groups excluding carboxylic acids is 1. The van der Waals surface area contributed by atoms with Crippen LogP contribution in [0.1, 0.15) is 42.9 Å². The van der Waals surface area contributed by atoms with E-state index in [1.54, 1.807) is 0 Å². The maximum absolute atomic E-state index is 12.0. The summed E-state index contributed by atoms with van der Waals surface area (Å²) < 4.78 is 2.16. The van der Waals surface area contributed by atoms with Gasteiger partial charge in [-0.3, -0.25) is 4.79 Å². The molecule has 150 valence electrons. The van der Waals surface area contributed by atoms with Crippen molar-refractivity contribution in [3.05, 3.63) is 41.5 Å². The SMILES string of the molecule is CCNC(=NCc1nnc2n1CCC2)NCC1CC(=O)Nc2ccccc21.I. The van der Waals surface area contributed by atoms with Crippen LogP contribution in [0.25, 0.3) is 0 Å². The second kappa shape index (κ2) is 9.35. The minimum atomic E-state index is 0. The summed E-state index contributed by atoms with van der Waals surface area (Å²) in [5, 5.41) is 18.1. The Hall–Kier alpha value is -2.17. The van der Waals surface area contributed by atoms with Gasteiger partial charge in [0.25, 0.3) is 0 Å². The Morgan fingerprint density at radius 3 is 3.04 bits per heavy atom. The number of halogens is 1. The van der Waals surface area contributed by atoms with Gasteiger partial charge in [0.2, 0.25) is 5.91 Å². The molecule has 0 fully saturated rings. The van der Waals surface area contributed by atoms with Crippen LogP contribution in [0.4, 0.5) is 5.69 Å². The number of hydrogen-bond acceptors (Lipinski definition) is 4. The lowest BCUT2D eigenvalue weighted by Gasteiger charge is -2.26. The first-order chi connectivity index (χ1) is 13.2. The Balaban J connectivity index is 0.00000225. The van der Waals surface area contributed by atoms with E-state index in [0.717, 1.165) is 54.8 Å². The monoisotopic (exact) mass is 495 g/mol. The summed E-state index contributed by atoms with van der Waals surface area (Å²) in [5.74, 6) is 2.87. The molecule has 0 saturated carbocycles. The number of nitrogens with one attached hydrogen (secondary N) is 3. The Bertz CT molecular complexity index is 864. The zero-order chi connectivity index (χ0) is 18.6. The summed E-state index contributed by atoms with van der Waals surface area (Å²) in [5.41, 5.74) is 2.07. The van der Waals surface area contributed by atoms with Gasteiger partial charge in [0, 0.05) is 44.1 Å². The summed E-state index contributed by atoms with van der Waals surface area (Å²) in [6, 6.07) is 7.97. The van der Waals surface area contributed by atoms with E-state index in [2.05, 4.69) is 41.8 Å². The average Bonchev–Trinajstić information content (AvgIpc) is 3.28. The van der Waals surface area contributed by atoms with E-state index in [1.165, 1.54) is 0 Å². The Labute approximate surface area is 181 Å². The number of amides is 1. The van der Waals surface area contributed by atoms with Crippen LogP contribution in [0.15, 0.2) is 29.3 Å². The van der Waals surface area contributed by atoms with Crippen molar-refractivity contribution in [2.24, 2.45) is 4.99 Å². The van der Waals surface area contributed by atoms with Gasteiger partial charge < -0.3 is 20.5 Å². The van der Waals surface area contributed by atoms with E-state index in [1.807, 2.05) is 25.1 Å². The largest absolute Gasteiger partial charge is 0.357 e. The molecule has 1 atom stereocenters. The topological polar surface area (TPSA) is 96.2 Å². The van der Waals surface area contributed by atoms with Gasteiger partial charge >= 0.3 is 0 Å². The summed E-state index contributed by atoms with van der Waals surface area (Å²) in [6.45, 7) is 4.92. The number of anilines is 1. The highest BCUT2D eigenvalue weighted by atomic mass is 127. The lowest BCUT2D eigenvalue weighted by atomic mass is 9.90. The molecular weight excluding hydrogens is 469 g/mol. The Morgan fingerprint density at radius 1 is 1.32 bits per heavy atom. The molecule has 4 rings (SSSR count). The normalized spacial score (nSPS) is 18.0. The van der Waals surface area contributed by atoms with Crippen molar-refractivity contribution < 1.29 is 4.79 Å². The second-order valence-corrected chi connectivity index (χ2v) is 6.90. The van der Waals surface area contributed by atoms with Crippen molar-refractivity contribution in [1.29, 1.82) is 0 Å². The fourth-order valence-electron chi connectivity index (χ4n) is 3.72. The van der Waals surface area contributed by atoms with Crippen LogP contribution in [0.5, 0.6) is 0 Å². The van der Waals surface area contributed by atoms with Gasteiger partial charge in [-0.25, -0.2) is 4.99 Å². The van der Waals surface area contributed by atoms with Gasteiger partial charge in [0.15, 0.2) is 11.8 Å². The lowest BCUT2D eigenvalue weighted by molar-refractivity contribution is -0.116. The van der Waals surface area contributed by atoms with Gasteiger partial charge in [-0.2, -0.15) is 0 Å². The zero-order valence-electron chi connectivity index (χ0n) is 15.9. The maximum Gasteiger partial charge on any atom is 0.225 e. The predicted octanol–water partition coefficient (Wildman–Crippen LogP) is 2.02. The molecule has 1 aromatic carbocycles. The number of fused-ring (bicyclic) bond motifs is 2. The molecule has 0 spiro atoms. The van der Waals surface area contributed by atoms with Crippen molar-refractivity contribution in [2.75, 3.05) is 18.4 Å². The van der Waals surface area contributed by atoms with Crippen LogP contribution in [0.2, 0.25) is 0 Å². The first-order valence-corrected chi connectivity index (χ1v) is 9.56. The number of aryl methyl sites for hydroxylation is 1. The van der Waals surface area contributed by atoms with Crippen LogP contribution >= 0.6 is 24.0 Å². The highest BCUT2D eigenvalue weighted by molar-refractivity contribution is 14.0. The van der Waals surface area contributed by atoms with E-state index in [4.69, 9.17) is 0 Å². The van der Waals surface area contributed by atoms with E-state index in [9.17, 15) is 4.79 Å². The van der Waals surface area contributed by atoms with Gasteiger partial charge in [-0.1, -0.05) is 18.2 Å². The number of aliphatic imine (C=N–C) groups is 1. The lowest BCUT2D eigenvalue weighted by Crippen LogP contribution is -2.40. The van der Waals surface area contributed by atoms with Crippen LogP contribution in [0, 0.1) is 0 Å². The first-order valence-electron chi connectivity index (χ1n) is 9.56. The van der Waals surface area contributed by atoms with Crippen molar-refractivity contribution >= 4 is 41.5 Å². The molecule has 0 aliphatic carbocycles. The molecular formula is C19H26IN7O. The van der Waals surface area contributed by atoms with Gasteiger partial charge in [-0.05, 0) is 25.0 Å². The number of hydrogen-bond donors (Lipinski definition) is 3. The number of guanidine groups is 1. The van der Waals surface area contributed by atoms with Crippen molar-refractivity contribution in [2.45, 2.75) is 45.2 Å². The number of carbonyl (C=O) groups is 1. The molecule has 1 unspecified atom stereocenters. The molecule has 28 heavy (non-hydrogen) atoms. The predicted molar refractivity (Wildman–Crippen MR) is 119 cm³/mol. The zero-order valence-corrected chi connectivity index (χ0v) is 18.3. The molecule has 1 aromatic heterocycles. The van der Waals surface area contributed by atoms with Crippen molar-refractivity contribution in [3.8, 4) is 0 Å². The summed E-state index contributed by atoms with van der Waals surface area (Å²) in [7, 11) is 0. The molecule has 1 amide bonds. The molecule has 0 bridgehead atoms. The third-order valence-electron chi connectivity index (χ3n) is 5.03. The average molecular weight is 495 g/mol. The van der Waals surface area contributed by atoms with Gasteiger partial charge in [0.05, 0.1) is 0 Å². The van der Waals surface area contributed by atoms with Crippen molar-refractivity contribution in [1.82, 2.24) is 25.4 Å². The number of aromatic nitrogens is 3. The molecule has 2 aliphatic heterocycles. The van der Waals surface area contributed by atoms with Crippen LogP contribution in [0.3, 0.4) is 0 Å². The van der Waals surface area contributed by atoms with E-state index in [-0.39, 0.29) is 35.8 Å². The molecule has 2 aliphatic rings. The summed E-state index contributed by atoms with van der Waals surface area (Å²) in [4.78, 5) is 16.7. The molecule has 8 nitrogen and oxygen atoms in total.